The Labute approximate surface area is 221 Å². The molecule has 1 atom stereocenters. The summed E-state index contributed by atoms with van der Waals surface area (Å²) in [6.07, 6.45) is 1.53. The number of aryl methyl sites for hydroxylation is 2. The summed E-state index contributed by atoms with van der Waals surface area (Å²) >= 11 is 0. The molecule has 1 aromatic heterocycles. The van der Waals surface area contributed by atoms with Crippen molar-refractivity contribution in [3.05, 3.63) is 113 Å². The van der Waals surface area contributed by atoms with Crippen LogP contribution in [0.5, 0.6) is 5.75 Å². The molecule has 0 fully saturated rings. The molecule has 3 aromatic carbocycles. The van der Waals surface area contributed by atoms with Crippen LogP contribution in [-0.2, 0) is 4.79 Å². The highest BCUT2D eigenvalue weighted by molar-refractivity contribution is 6.09. The maximum atomic E-state index is 13.7. The number of amides is 2. The summed E-state index contributed by atoms with van der Waals surface area (Å²) in [6, 6.07) is 22.3. The number of anilines is 3. The molecule has 3 N–H and O–H groups in total. The van der Waals surface area contributed by atoms with Crippen molar-refractivity contribution < 1.29 is 14.3 Å². The molecule has 0 saturated heterocycles. The molecule has 2 heterocycles. The normalized spacial score (nSPS) is 14.4. The highest BCUT2D eigenvalue weighted by atomic mass is 16.5. The first-order valence-corrected chi connectivity index (χ1v) is 12.3. The van der Waals surface area contributed by atoms with Gasteiger partial charge in [0.05, 0.1) is 24.6 Å². The van der Waals surface area contributed by atoms with Crippen LogP contribution in [0.4, 0.5) is 17.2 Å². The van der Waals surface area contributed by atoms with Crippen LogP contribution in [0.2, 0.25) is 0 Å². The largest absolute Gasteiger partial charge is 0.495 e. The molecular formula is C30H29N5O3. The number of methoxy groups -OCH3 is 1. The highest BCUT2D eigenvalue weighted by Crippen LogP contribution is 2.38. The fourth-order valence-electron chi connectivity index (χ4n) is 4.63. The van der Waals surface area contributed by atoms with Crippen LogP contribution >= 0.6 is 0 Å². The number of carbonyl (C=O) groups excluding carboxylic acids is 2. The minimum Gasteiger partial charge on any atom is -0.495 e. The van der Waals surface area contributed by atoms with E-state index in [9.17, 15) is 9.59 Å². The second kappa shape index (κ2) is 10.3. The van der Waals surface area contributed by atoms with Gasteiger partial charge >= 0.3 is 0 Å². The molecule has 2 amide bonds. The van der Waals surface area contributed by atoms with Crippen LogP contribution < -0.4 is 20.7 Å². The molecule has 0 spiro atoms. The van der Waals surface area contributed by atoms with E-state index in [1.54, 1.807) is 23.9 Å². The van der Waals surface area contributed by atoms with Gasteiger partial charge in [0, 0.05) is 11.4 Å². The maximum Gasteiger partial charge on any atom is 0.261 e. The number of nitrogens with zero attached hydrogens (tertiary/aromatic N) is 2. The van der Waals surface area contributed by atoms with E-state index in [4.69, 9.17) is 4.74 Å². The van der Waals surface area contributed by atoms with Gasteiger partial charge in [-0.2, -0.15) is 5.10 Å². The number of hydrogen-bond donors (Lipinski definition) is 3. The lowest BCUT2D eigenvalue weighted by atomic mass is 9.94. The molecule has 1 aliphatic heterocycles. The van der Waals surface area contributed by atoms with Crippen molar-refractivity contribution in [2.75, 3.05) is 23.1 Å². The minimum atomic E-state index is -0.554. The Hall–Kier alpha value is -4.85. The summed E-state index contributed by atoms with van der Waals surface area (Å²) in [6.45, 7) is 5.81. The second-order valence-electron chi connectivity index (χ2n) is 9.31. The Morgan fingerprint density at radius 3 is 2.39 bits per heavy atom. The van der Waals surface area contributed by atoms with E-state index in [1.165, 1.54) is 6.20 Å². The Kier molecular flexibility index (Phi) is 6.70. The molecule has 8 nitrogen and oxygen atoms in total. The molecule has 8 heteroatoms. The number of para-hydroxylation sites is 2. The number of nitrogens with one attached hydrogen (secondary N) is 3. The maximum absolute atomic E-state index is 13.7. The topological polar surface area (TPSA) is 97.3 Å². The van der Waals surface area contributed by atoms with Crippen molar-refractivity contribution in [1.82, 2.24) is 9.78 Å². The standard InChI is InChI=1S/C30H29N5O3/c1-18-12-14-21(15-13-18)27-26(30(37)34-24-10-5-6-11-25(24)38-4)20(3)32-28-23(17-31-35(27)28)29(36)33-22-9-7-8-19(2)16-22/h5-17,27,32H,1-4H3,(H,33,36)(H,34,37)/t27-/m0/s1. The highest BCUT2D eigenvalue weighted by Gasteiger charge is 2.35. The Morgan fingerprint density at radius 1 is 0.895 bits per heavy atom. The van der Waals surface area contributed by atoms with Crippen LogP contribution in [0.15, 0.2) is 90.3 Å². The monoisotopic (exact) mass is 507 g/mol. The number of benzene rings is 3. The van der Waals surface area contributed by atoms with Gasteiger partial charge in [0.1, 0.15) is 23.2 Å². The SMILES string of the molecule is COc1ccccc1NC(=O)C1=C(C)Nc2c(C(=O)Nc3cccc(C)c3)cnn2[C@H]1c1ccc(C)cc1. The van der Waals surface area contributed by atoms with Crippen LogP contribution in [-0.4, -0.2) is 28.7 Å². The first-order valence-electron chi connectivity index (χ1n) is 12.3. The number of aromatic nitrogens is 2. The summed E-state index contributed by atoms with van der Waals surface area (Å²) in [5, 5.41) is 13.8. The molecule has 0 aliphatic carbocycles. The van der Waals surface area contributed by atoms with Gasteiger partial charge in [-0.3, -0.25) is 9.59 Å². The minimum absolute atomic E-state index is 0.290. The Bertz CT molecular complexity index is 1550. The number of fused-ring (bicyclic) bond motifs is 1. The van der Waals surface area contributed by atoms with E-state index in [1.807, 2.05) is 81.4 Å². The quantitative estimate of drug-likeness (QED) is 0.312. The van der Waals surface area contributed by atoms with Gasteiger partial charge < -0.3 is 20.7 Å². The van der Waals surface area contributed by atoms with Crippen molar-refractivity contribution in [2.24, 2.45) is 0 Å². The van der Waals surface area contributed by atoms with Gasteiger partial charge in [0.15, 0.2) is 0 Å². The lowest BCUT2D eigenvalue weighted by Gasteiger charge is -2.30. The molecule has 0 unspecified atom stereocenters. The van der Waals surface area contributed by atoms with E-state index in [0.717, 1.165) is 16.7 Å². The summed E-state index contributed by atoms with van der Waals surface area (Å²) < 4.78 is 7.11. The van der Waals surface area contributed by atoms with Gasteiger partial charge in [0.25, 0.3) is 11.8 Å². The molecule has 4 aromatic rings. The average molecular weight is 508 g/mol. The smallest absolute Gasteiger partial charge is 0.261 e. The zero-order valence-corrected chi connectivity index (χ0v) is 21.7. The predicted octanol–water partition coefficient (Wildman–Crippen LogP) is 5.69. The summed E-state index contributed by atoms with van der Waals surface area (Å²) in [7, 11) is 1.56. The third-order valence-electron chi connectivity index (χ3n) is 6.54. The molecule has 0 saturated carbocycles. The fourth-order valence-corrected chi connectivity index (χ4v) is 4.63. The van der Waals surface area contributed by atoms with Crippen LogP contribution in [0, 0.1) is 13.8 Å². The van der Waals surface area contributed by atoms with Crippen LogP contribution in [0.1, 0.15) is 40.0 Å². The number of ether oxygens (including phenoxy) is 1. The molecule has 1 aliphatic rings. The van der Waals surface area contributed by atoms with Crippen molar-refractivity contribution in [3.63, 3.8) is 0 Å². The van der Waals surface area contributed by atoms with E-state index in [0.29, 0.717) is 39.8 Å². The van der Waals surface area contributed by atoms with E-state index in [-0.39, 0.29) is 11.8 Å². The molecule has 38 heavy (non-hydrogen) atoms. The van der Waals surface area contributed by atoms with Gasteiger partial charge in [-0.15, -0.1) is 0 Å². The van der Waals surface area contributed by atoms with Crippen LogP contribution in [0.3, 0.4) is 0 Å². The number of carbonyl (C=O) groups is 2. The van der Waals surface area contributed by atoms with Crippen LogP contribution in [0.25, 0.3) is 0 Å². The Morgan fingerprint density at radius 2 is 1.66 bits per heavy atom. The van der Waals surface area contributed by atoms with Gasteiger partial charge in [-0.05, 0) is 56.2 Å². The van der Waals surface area contributed by atoms with E-state index in [2.05, 4.69) is 21.0 Å². The predicted molar refractivity (Wildman–Crippen MR) is 149 cm³/mol. The summed E-state index contributed by atoms with van der Waals surface area (Å²) in [5.74, 6) is 0.496. The number of rotatable bonds is 6. The molecule has 0 radical (unpaired) electrons. The summed E-state index contributed by atoms with van der Waals surface area (Å²) in [4.78, 5) is 27.0. The average Bonchev–Trinajstić information content (AvgIpc) is 3.32. The number of allylic oxidation sites excluding steroid dienone is 1. The van der Waals surface area contributed by atoms with Crippen molar-refractivity contribution in [1.29, 1.82) is 0 Å². The molecule has 0 bridgehead atoms. The van der Waals surface area contributed by atoms with Crippen molar-refractivity contribution in [2.45, 2.75) is 26.8 Å². The van der Waals surface area contributed by atoms with E-state index >= 15 is 0 Å². The van der Waals surface area contributed by atoms with Gasteiger partial charge in [0.2, 0.25) is 0 Å². The lowest BCUT2D eigenvalue weighted by molar-refractivity contribution is -0.113. The molecule has 192 valence electrons. The first-order chi connectivity index (χ1) is 18.4. The third-order valence-corrected chi connectivity index (χ3v) is 6.54. The second-order valence-corrected chi connectivity index (χ2v) is 9.31. The number of hydrogen-bond acceptors (Lipinski definition) is 5. The zero-order chi connectivity index (χ0) is 26.8. The van der Waals surface area contributed by atoms with Crippen molar-refractivity contribution in [3.8, 4) is 5.75 Å². The van der Waals surface area contributed by atoms with Crippen molar-refractivity contribution >= 4 is 29.0 Å². The Balaban J connectivity index is 1.54. The molecule has 5 rings (SSSR count). The summed E-state index contributed by atoms with van der Waals surface area (Å²) in [5.41, 5.74) is 5.77. The van der Waals surface area contributed by atoms with E-state index < -0.39 is 6.04 Å². The third kappa shape index (κ3) is 4.76. The molecular weight excluding hydrogens is 478 g/mol. The van der Waals surface area contributed by atoms with Gasteiger partial charge in [-0.25, -0.2) is 4.68 Å². The van der Waals surface area contributed by atoms with Gasteiger partial charge in [-0.1, -0.05) is 54.1 Å². The first kappa shape index (κ1) is 24.8. The fraction of sp³-hybridized carbons (Fsp3) is 0.167. The lowest BCUT2D eigenvalue weighted by Crippen LogP contribution is -2.32. The zero-order valence-electron chi connectivity index (χ0n) is 21.7.